The topological polar surface area (TPSA) is 66.8 Å². The van der Waals surface area contributed by atoms with Gasteiger partial charge in [-0.3, -0.25) is 4.79 Å². The molecule has 0 saturated carbocycles. The lowest BCUT2D eigenvalue weighted by molar-refractivity contribution is -0.155. The molecule has 5 heteroatoms. The lowest BCUT2D eigenvalue weighted by atomic mass is 9.78. The summed E-state index contributed by atoms with van der Waals surface area (Å²) in [5, 5.41) is 8.87. The van der Waals surface area contributed by atoms with Crippen LogP contribution >= 0.6 is 0 Å². The van der Waals surface area contributed by atoms with Gasteiger partial charge in [0, 0.05) is 13.1 Å². The molecule has 2 heterocycles. The molecule has 0 aliphatic carbocycles. The number of carboxylic acids is 1. The SMILES string of the molecule is CCC1(C)CCN(C(=O)[C@@H]2CC[C@H](C(=O)O)O2)CC1. The van der Waals surface area contributed by atoms with Gasteiger partial charge in [0.05, 0.1) is 0 Å². The Morgan fingerprint density at radius 3 is 2.32 bits per heavy atom. The van der Waals surface area contributed by atoms with Crippen molar-refractivity contribution < 1.29 is 19.4 Å². The van der Waals surface area contributed by atoms with E-state index in [0.717, 1.165) is 32.4 Å². The van der Waals surface area contributed by atoms with E-state index < -0.39 is 18.2 Å². The minimum absolute atomic E-state index is 0.0260. The molecule has 2 aliphatic heterocycles. The van der Waals surface area contributed by atoms with Crippen LogP contribution in [0.1, 0.15) is 46.0 Å². The van der Waals surface area contributed by atoms with E-state index in [1.165, 1.54) is 0 Å². The van der Waals surface area contributed by atoms with E-state index in [2.05, 4.69) is 13.8 Å². The Bertz CT molecular complexity index is 360. The van der Waals surface area contributed by atoms with Gasteiger partial charge in [0.15, 0.2) is 6.10 Å². The molecule has 2 fully saturated rings. The van der Waals surface area contributed by atoms with Crippen LogP contribution in [-0.2, 0) is 14.3 Å². The first-order valence-electron chi connectivity index (χ1n) is 7.12. The summed E-state index contributed by atoms with van der Waals surface area (Å²) in [6, 6.07) is 0. The summed E-state index contributed by atoms with van der Waals surface area (Å²) in [5.74, 6) is -0.991. The Hall–Kier alpha value is -1.10. The number of carboxylic acid groups (broad SMARTS) is 1. The van der Waals surface area contributed by atoms with Crippen molar-refractivity contribution in [3.8, 4) is 0 Å². The third kappa shape index (κ3) is 3.08. The molecule has 2 rings (SSSR count). The van der Waals surface area contributed by atoms with E-state index in [0.29, 0.717) is 18.3 Å². The summed E-state index contributed by atoms with van der Waals surface area (Å²) in [7, 11) is 0. The molecule has 0 bridgehead atoms. The van der Waals surface area contributed by atoms with Crippen LogP contribution in [0.5, 0.6) is 0 Å². The Morgan fingerprint density at radius 1 is 1.26 bits per heavy atom. The maximum absolute atomic E-state index is 12.3. The largest absolute Gasteiger partial charge is 0.479 e. The first kappa shape index (κ1) is 14.3. The van der Waals surface area contributed by atoms with E-state index in [9.17, 15) is 9.59 Å². The van der Waals surface area contributed by atoms with E-state index in [1.54, 1.807) is 0 Å². The second kappa shape index (κ2) is 5.49. The molecule has 0 spiro atoms. The van der Waals surface area contributed by atoms with Gasteiger partial charge in [0.25, 0.3) is 5.91 Å². The summed E-state index contributed by atoms with van der Waals surface area (Å²) in [5.41, 5.74) is 0.344. The van der Waals surface area contributed by atoms with Crippen molar-refractivity contribution in [1.29, 1.82) is 0 Å². The zero-order valence-corrected chi connectivity index (χ0v) is 11.7. The Kier molecular flexibility index (Phi) is 4.13. The average Bonchev–Trinajstić information content (AvgIpc) is 2.88. The Morgan fingerprint density at radius 2 is 1.84 bits per heavy atom. The van der Waals surface area contributed by atoms with E-state index in [-0.39, 0.29) is 5.91 Å². The average molecular weight is 269 g/mol. The number of ether oxygens (including phenoxy) is 1. The number of nitrogens with zero attached hydrogens (tertiary/aromatic N) is 1. The molecule has 1 amide bonds. The number of hydrogen-bond donors (Lipinski definition) is 1. The molecule has 0 radical (unpaired) electrons. The number of carbonyl (C=O) groups is 2. The Balaban J connectivity index is 1.87. The third-order valence-electron chi connectivity index (χ3n) is 4.71. The number of aliphatic carboxylic acids is 1. The minimum Gasteiger partial charge on any atom is -0.479 e. The van der Waals surface area contributed by atoms with E-state index >= 15 is 0 Å². The van der Waals surface area contributed by atoms with Gasteiger partial charge >= 0.3 is 5.97 Å². The zero-order chi connectivity index (χ0) is 14.0. The highest BCUT2D eigenvalue weighted by molar-refractivity contribution is 5.82. The molecule has 19 heavy (non-hydrogen) atoms. The van der Waals surface area contributed by atoms with Crippen LogP contribution in [0.25, 0.3) is 0 Å². The van der Waals surface area contributed by atoms with Gasteiger partial charge in [-0.05, 0) is 31.1 Å². The molecular weight excluding hydrogens is 246 g/mol. The maximum Gasteiger partial charge on any atom is 0.332 e. The normalized spacial score (nSPS) is 30.3. The summed E-state index contributed by atoms with van der Waals surface area (Å²) >= 11 is 0. The van der Waals surface area contributed by atoms with Gasteiger partial charge in [-0.25, -0.2) is 4.79 Å². The summed E-state index contributed by atoms with van der Waals surface area (Å²) < 4.78 is 5.33. The molecule has 0 aromatic rings. The molecule has 0 unspecified atom stereocenters. The molecule has 108 valence electrons. The van der Waals surface area contributed by atoms with Crippen LogP contribution in [0.3, 0.4) is 0 Å². The second-order valence-electron chi connectivity index (χ2n) is 6.02. The molecule has 0 aromatic carbocycles. The van der Waals surface area contributed by atoms with Gasteiger partial charge in [0.2, 0.25) is 0 Å². The first-order chi connectivity index (χ1) is 8.95. The van der Waals surface area contributed by atoms with Gasteiger partial charge in [-0.2, -0.15) is 0 Å². The molecular formula is C14H23NO4. The molecule has 2 saturated heterocycles. The monoisotopic (exact) mass is 269 g/mol. The standard InChI is InChI=1S/C14H23NO4/c1-3-14(2)6-8-15(9-7-14)12(16)10-4-5-11(19-10)13(17)18/h10-11H,3-9H2,1-2H3,(H,17,18)/t10-,11+/m0/s1. The van der Waals surface area contributed by atoms with Crippen molar-refractivity contribution in [3.63, 3.8) is 0 Å². The molecule has 5 nitrogen and oxygen atoms in total. The van der Waals surface area contributed by atoms with Crippen LogP contribution in [0.2, 0.25) is 0 Å². The van der Waals surface area contributed by atoms with Crippen molar-refractivity contribution in [2.45, 2.75) is 58.2 Å². The molecule has 0 aromatic heterocycles. The van der Waals surface area contributed by atoms with Crippen molar-refractivity contribution in [2.75, 3.05) is 13.1 Å². The highest BCUT2D eigenvalue weighted by Crippen LogP contribution is 2.34. The summed E-state index contributed by atoms with van der Waals surface area (Å²) in [6.07, 6.45) is 2.78. The Labute approximate surface area is 113 Å². The minimum atomic E-state index is -0.965. The van der Waals surface area contributed by atoms with Crippen molar-refractivity contribution >= 4 is 11.9 Å². The molecule has 2 atom stereocenters. The van der Waals surface area contributed by atoms with Crippen molar-refractivity contribution in [2.24, 2.45) is 5.41 Å². The van der Waals surface area contributed by atoms with Gasteiger partial charge in [-0.1, -0.05) is 20.3 Å². The fourth-order valence-electron chi connectivity index (χ4n) is 2.82. The molecule has 1 N–H and O–H groups in total. The van der Waals surface area contributed by atoms with E-state index in [4.69, 9.17) is 9.84 Å². The number of amides is 1. The lowest BCUT2D eigenvalue weighted by Crippen LogP contribution is -2.46. The fraction of sp³-hybridized carbons (Fsp3) is 0.857. The number of piperidine rings is 1. The lowest BCUT2D eigenvalue weighted by Gasteiger charge is -2.39. The second-order valence-corrected chi connectivity index (χ2v) is 6.02. The number of likely N-dealkylation sites (tertiary alicyclic amines) is 1. The van der Waals surface area contributed by atoms with Crippen LogP contribution in [0.4, 0.5) is 0 Å². The van der Waals surface area contributed by atoms with E-state index in [1.807, 2.05) is 4.90 Å². The summed E-state index contributed by atoms with van der Waals surface area (Å²) in [6.45, 7) is 5.98. The van der Waals surface area contributed by atoms with Crippen molar-refractivity contribution in [3.05, 3.63) is 0 Å². The van der Waals surface area contributed by atoms with Crippen LogP contribution in [0.15, 0.2) is 0 Å². The predicted molar refractivity (Wildman–Crippen MR) is 69.7 cm³/mol. The van der Waals surface area contributed by atoms with Gasteiger partial charge in [0.1, 0.15) is 6.10 Å². The highest BCUT2D eigenvalue weighted by atomic mass is 16.5. The van der Waals surface area contributed by atoms with Crippen LogP contribution < -0.4 is 0 Å². The van der Waals surface area contributed by atoms with Crippen molar-refractivity contribution in [1.82, 2.24) is 4.90 Å². The van der Waals surface area contributed by atoms with Gasteiger partial charge in [-0.15, -0.1) is 0 Å². The predicted octanol–water partition coefficient (Wildman–Crippen LogP) is 1.66. The van der Waals surface area contributed by atoms with Crippen LogP contribution in [-0.4, -0.2) is 47.2 Å². The number of hydrogen-bond acceptors (Lipinski definition) is 3. The van der Waals surface area contributed by atoms with Crippen LogP contribution in [0, 0.1) is 5.41 Å². The van der Waals surface area contributed by atoms with Gasteiger partial charge < -0.3 is 14.7 Å². The zero-order valence-electron chi connectivity index (χ0n) is 11.7. The maximum atomic E-state index is 12.3. The number of rotatable bonds is 3. The highest BCUT2D eigenvalue weighted by Gasteiger charge is 2.38. The summed E-state index contributed by atoms with van der Waals surface area (Å²) in [4.78, 5) is 24.9. The fourth-order valence-corrected chi connectivity index (χ4v) is 2.82. The third-order valence-corrected chi connectivity index (χ3v) is 4.71. The quantitative estimate of drug-likeness (QED) is 0.846. The molecule has 2 aliphatic rings. The smallest absolute Gasteiger partial charge is 0.332 e. The number of carbonyl (C=O) groups excluding carboxylic acids is 1. The first-order valence-corrected chi connectivity index (χ1v) is 7.12.